The van der Waals surface area contributed by atoms with Crippen LogP contribution in [-0.2, 0) is 20.9 Å². The second-order valence-corrected chi connectivity index (χ2v) is 7.90. The zero-order chi connectivity index (χ0) is 20.8. The lowest BCUT2D eigenvalue weighted by Gasteiger charge is -2.36. The Kier molecular flexibility index (Phi) is 6.77. The summed E-state index contributed by atoms with van der Waals surface area (Å²) in [4.78, 5) is 31.6. The number of hydrogen-bond donors (Lipinski definition) is 0. The van der Waals surface area contributed by atoms with E-state index < -0.39 is 0 Å². The predicted molar refractivity (Wildman–Crippen MR) is 116 cm³/mol. The largest absolute Gasteiger partial charge is 0.368 e. The van der Waals surface area contributed by atoms with Gasteiger partial charge in [0, 0.05) is 38.5 Å². The van der Waals surface area contributed by atoms with Crippen LogP contribution in [0.5, 0.6) is 0 Å². The summed E-state index contributed by atoms with van der Waals surface area (Å²) in [6.07, 6.45) is 1.52. The Morgan fingerprint density at radius 3 is 2.23 bits per heavy atom. The van der Waals surface area contributed by atoms with Crippen LogP contribution in [0, 0.1) is 0 Å². The molecule has 158 valence electrons. The van der Waals surface area contributed by atoms with Gasteiger partial charge in [-0.05, 0) is 30.5 Å². The number of benzene rings is 2. The van der Waals surface area contributed by atoms with Crippen LogP contribution in [0.4, 0.5) is 5.69 Å². The number of ether oxygens (including phenoxy) is 1. The monoisotopic (exact) mass is 407 g/mol. The molecule has 2 aliphatic rings. The number of anilines is 1. The van der Waals surface area contributed by atoms with E-state index in [-0.39, 0.29) is 17.9 Å². The molecule has 2 heterocycles. The Hall–Kier alpha value is -2.70. The van der Waals surface area contributed by atoms with E-state index in [9.17, 15) is 9.59 Å². The van der Waals surface area contributed by atoms with Crippen molar-refractivity contribution in [2.24, 2.45) is 0 Å². The lowest BCUT2D eigenvalue weighted by atomic mass is 10.2. The number of hydrogen-bond acceptors (Lipinski definition) is 4. The van der Waals surface area contributed by atoms with Crippen LogP contribution in [-0.4, -0.2) is 67.0 Å². The third kappa shape index (κ3) is 5.07. The highest BCUT2D eigenvalue weighted by atomic mass is 16.5. The maximum absolute atomic E-state index is 13.2. The van der Waals surface area contributed by atoms with E-state index in [2.05, 4.69) is 4.90 Å². The molecule has 30 heavy (non-hydrogen) atoms. The van der Waals surface area contributed by atoms with Crippen molar-refractivity contribution in [1.29, 1.82) is 0 Å². The van der Waals surface area contributed by atoms with Gasteiger partial charge in [0.1, 0.15) is 6.10 Å². The summed E-state index contributed by atoms with van der Waals surface area (Å²) < 4.78 is 5.53. The topological polar surface area (TPSA) is 53.1 Å². The Balaban J connectivity index is 1.36. The van der Waals surface area contributed by atoms with Gasteiger partial charge in [0.15, 0.2) is 0 Å². The normalized spacial score (nSPS) is 19.6. The van der Waals surface area contributed by atoms with E-state index in [0.29, 0.717) is 45.9 Å². The number of piperazine rings is 1. The maximum atomic E-state index is 13.2. The highest BCUT2D eigenvalue weighted by Crippen LogP contribution is 2.19. The zero-order valence-electron chi connectivity index (χ0n) is 17.3. The fraction of sp³-hybridized carbons (Fsp3) is 0.417. The number of rotatable bonds is 6. The molecule has 0 aromatic heterocycles. The molecule has 0 bridgehead atoms. The SMILES string of the molecule is O=C([C@@H]1CCCO1)N1CCN(CC(=O)N(Cc2ccccc2)c2ccccc2)CC1. The smallest absolute Gasteiger partial charge is 0.251 e. The number of nitrogens with zero attached hydrogens (tertiary/aromatic N) is 3. The summed E-state index contributed by atoms with van der Waals surface area (Å²) in [5.74, 6) is 0.178. The molecule has 0 saturated carbocycles. The summed E-state index contributed by atoms with van der Waals surface area (Å²) in [6.45, 7) is 4.29. The Labute approximate surface area is 178 Å². The number of amides is 2. The van der Waals surface area contributed by atoms with Crippen molar-refractivity contribution in [3.05, 3.63) is 66.2 Å². The first-order chi connectivity index (χ1) is 14.7. The first-order valence-corrected chi connectivity index (χ1v) is 10.7. The molecular weight excluding hydrogens is 378 g/mol. The number of para-hydroxylation sites is 1. The summed E-state index contributed by atoms with van der Waals surface area (Å²) in [5.41, 5.74) is 2.00. The van der Waals surface area contributed by atoms with Crippen molar-refractivity contribution in [2.75, 3.05) is 44.2 Å². The molecule has 6 nitrogen and oxygen atoms in total. The predicted octanol–water partition coefficient (Wildman–Crippen LogP) is 2.54. The van der Waals surface area contributed by atoms with E-state index in [0.717, 1.165) is 24.1 Å². The molecule has 2 amide bonds. The van der Waals surface area contributed by atoms with Crippen LogP contribution >= 0.6 is 0 Å². The fourth-order valence-electron chi connectivity index (χ4n) is 4.08. The van der Waals surface area contributed by atoms with Crippen LogP contribution < -0.4 is 4.90 Å². The quantitative estimate of drug-likeness (QED) is 0.739. The van der Waals surface area contributed by atoms with Crippen LogP contribution in [0.3, 0.4) is 0 Å². The molecule has 0 spiro atoms. The van der Waals surface area contributed by atoms with E-state index in [4.69, 9.17) is 4.74 Å². The molecule has 0 radical (unpaired) electrons. The van der Waals surface area contributed by atoms with Gasteiger partial charge in [0.25, 0.3) is 5.91 Å². The maximum Gasteiger partial charge on any atom is 0.251 e. The highest BCUT2D eigenvalue weighted by Gasteiger charge is 2.31. The van der Waals surface area contributed by atoms with Crippen molar-refractivity contribution in [1.82, 2.24) is 9.80 Å². The molecule has 2 aromatic rings. The van der Waals surface area contributed by atoms with Crippen LogP contribution in [0.15, 0.2) is 60.7 Å². The van der Waals surface area contributed by atoms with Crippen molar-refractivity contribution in [3.8, 4) is 0 Å². The second kappa shape index (κ2) is 9.87. The minimum absolute atomic E-state index is 0.0731. The molecule has 6 heteroatoms. The second-order valence-electron chi connectivity index (χ2n) is 7.90. The van der Waals surface area contributed by atoms with Gasteiger partial charge in [-0.15, -0.1) is 0 Å². The van der Waals surface area contributed by atoms with E-state index >= 15 is 0 Å². The minimum Gasteiger partial charge on any atom is -0.368 e. The molecular formula is C24H29N3O3. The molecule has 2 aromatic carbocycles. The van der Waals surface area contributed by atoms with E-state index in [1.807, 2.05) is 70.5 Å². The molecule has 0 N–H and O–H groups in total. The van der Waals surface area contributed by atoms with E-state index in [1.54, 1.807) is 0 Å². The number of carbonyl (C=O) groups excluding carboxylic acids is 2. The van der Waals surface area contributed by atoms with Crippen LogP contribution in [0.1, 0.15) is 18.4 Å². The van der Waals surface area contributed by atoms with Crippen LogP contribution in [0.2, 0.25) is 0 Å². The molecule has 2 aliphatic heterocycles. The molecule has 1 atom stereocenters. The molecule has 4 rings (SSSR count). The zero-order valence-corrected chi connectivity index (χ0v) is 17.3. The third-order valence-corrected chi connectivity index (χ3v) is 5.80. The molecule has 0 aliphatic carbocycles. The van der Waals surface area contributed by atoms with Gasteiger partial charge in [0.2, 0.25) is 5.91 Å². The van der Waals surface area contributed by atoms with Crippen LogP contribution in [0.25, 0.3) is 0 Å². The Morgan fingerprint density at radius 1 is 0.933 bits per heavy atom. The van der Waals surface area contributed by atoms with Gasteiger partial charge in [-0.3, -0.25) is 14.5 Å². The first kappa shape index (κ1) is 20.6. The van der Waals surface area contributed by atoms with Gasteiger partial charge < -0.3 is 14.5 Å². The highest BCUT2D eigenvalue weighted by molar-refractivity contribution is 5.94. The van der Waals surface area contributed by atoms with Gasteiger partial charge >= 0.3 is 0 Å². The standard InChI is InChI=1S/C24H29N3O3/c28-23(19-25-13-15-26(16-14-25)24(29)22-12-7-17-30-22)27(21-10-5-2-6-11-21)18-20-8-3-1-4-9-20/h1-6,8-11,22H,7,12-19H2/t22-/m0/s1. The Morgan fingerprint density at radius 2 is 1.60 bits per heavy atom. The summed E-state index contributed by atoms with van der Waals surface area (Å²) in [5, 5.41) is 0. The summed E-state index contributed by atoms with van der Waals surface area (Å²) in [7, 11) is 0. The molecule has 0 unspecified atom stereocenters. The molecule has 2 fully saturated rings. The third-order valence-electron chi connectivity index (χ3n) is 5.80. The van der Waals surface area contributed by atoms with Gasteiger partial charge in [-0.25, -0.2) is 0 Å². The minimum atomic E-state index is -0.266. The first-order valence-electron chi connectivity index (χ1n) is 10.7. The average molecular weight is 408 g/mol. The number of carbonyl (C=O) groups is 2. The lowest BCUT2D eigenvalue weighted by molar-refractivity contribution is -0.142. The van der Waals surface area contributed by atoms with Crippen molar-refractivity contribution in [3.63, 3.8) is 0 Å². The van der Waals surface area contributed by atoms with Crippen molar-refractivity contribution < 1.29 is 14.3 Å². The van der Waals surface area contributed by atoms with Gasteiger partial charge in [-0.1, -0.05) is 48.5 Å². The summed E-state index contributed by atoms with van der Waals surface area (Å²) >= 11 is 0. The molecule has 2 saturated heterocycles. The Bertz CT molecular complexity index is 829. The van der Waals surface area contributed by atoms with Gasteiger partial charge in [-0.2, -0.15) is 0 Å². The summed E-state index contributed by atoms with van der Waals surface area (Å²) in [6, 6.07) is 19.9. The van der Waals surface area contributed by atoms with Gasteiger partial charge in [0.05, 0.1) is 13.1 Å². The van der Waals surface area contributed by atoms with E-state index in [1.165, 1.54) is 0 Å². The lowest BCUT2D eigenvalue weighted by Crippen LogP contribution is -2.53. The van der Waals surface area contributed by atoms with Crippen molar-refractivity contribution in [2.45, 2.75) is 25.5 Å². The van der Waals surface area contributed by atoms with Crippen molar-refractivity contribution >= 4 is 17.5 Å². The average Bonchev–Trinajstić information content (AvgIpc) is 3.34. The fourth-order valence-corrected chi connectivity index (χ4v) is 4.08.